The minimum Gasteiger partial charge on any atom is -0.274 e. The highest BCUT2D eigenvalue weighted by Gasteiger charge is 2.31. The highest BCUT2D eigenvalue weighted by Crippen LogP contribution is 2.51. The maximum atomic E-state index is 6.23. The van der Waals surface area contributed by atoms with Crippen molar-refractivity contribution in [3.05, 3.63) is 0 Å². The number of hydrogen-bond donors (Lipinski definition) is 1. The predicted molar refractivity (Wildman–Crippen MR) is 77.7 cm³/mol. The molecule has 0 atom stereocenters. The van der Waals surface area contributed by atoms with Crippen LogP contribution in [0, 0.1) is 0 Å². The molecule has 13 heavy (non-hydrogen) atoms. The summed E-state index contributed by atoms with van der Waals surface area (Å²) < 4.78 is 3.51. The van der Waals surface area contributed by atoms with E-state index >= 15 is 0 Å². The van der Waals surface area contributed by atoms with Gasteiger partial charge >= 0.3 is 0 Å². The Bertz CT molecular complexity index is 199. The van der Waals surface area contributed by atoms with Crippen LogP contribution >= 0.6 is 58.4 Å². The topological polar surface area (TPSA) is 29.3 Å². The Morgan fingerprint density at radius 1 is 1.15 bits per heavy atom. The summed E-state index contributed by atoms with van der Waals surface area (Å²) in [4.78, 5) is 0. The van der Waals surface area contributed by atoms with Crippen LogP contribution in [0.3, 0.4) is 0 Å². The second-order valence-electron chi connectivity index (χ2n) is 2.35. The lowest BCUT2D eigenvalue weighted by molar-refractivity contribution is 0.695. The van der Waals surface area contributed by atoms with Gasteiger partial charge in [-0.25, -0.2) is 0 Å². The second-order valence-corrected chi connectivity index (χ2v) is 9.14. The van der Waals surface area contributed by atoms with Gasteiger partial charge in [0, 0.05) is 0 Å². The first-order valence-electron chi connectivity index (χ1n) is 3.35. The fourth-order valence-electron chi connectivity index (χ4n) is 0.620. The molecule has 0 radical (unpaired) electrons. The van der Waals surface area contributed by atoms with Crippen molar-refractivity contribution in [2.75, 3.05) is 26.6 Å². The number of nitrogens with two attached hydrogens (primary N) is 1. The SMILES string of the molecule is CSC(=S)S(N)(C(=S)SC)N(C)C. The van der Waals surface area contributed by atoms with Crippen LogP contribution in [-0.2, 0) is 0 Å². The van der Waals surface area contributed by atoms with E-state index in [0.29, 0.717) is 0 Å². The van der Waals surface area contributed by atoms with Gasteiger partial charge in [0.05, 0.1) is 0 Å². The Morgan fingerprint density at radius 3 is 1.62 bits per heavy atom. The summed E-state index contributed by atoms with van der Waals surface area (Å²) >= 11 is 13.5. The highest BCUT2D eigenvalue weighted by atomic mass is 32.3. The normalized spacial score (nSPS) is 13.1. The Labute approximate surface area is 101 Å². The largest absolute Gasteiger partial charge is 0.274 e. The molecule has 0 aliphatic carbocycles. The quantitative estimate of drug-likeness (QED) is 0.739. The molecule has 0 saturated carbocycles. The number of nitrogens with zero attached hydrogens (tertiary/aromatic N) is 1. The molecular formula is C6H14N2S5. The summed E-state index contributed by atoms with van der Waals surface area (Å²) in [6.07, 6.45) is 3.87. The lowest BCUT2D eigenvalue weighted by Crippen LogP contribution is -2.35. The van der Waals surface area contributed by atoms with Crippen LogP contribution in [0.4, 0.5) is 0 Å². The molecular weight excluding hydrogens is 260 g/mol. The summed E-state index contributed by atoms with van der Waals surface area (Å²) in [5.74, 6) is 0. The molecule has 7 heteroatoms. The number of rotatable bonds is 1. The first-order chi connectivity index (χ1) is 5.91. The summed E-state index contributed by atoms with van der Waals surface area (Å²) in [5, 5.41) is 6.23. The van der Waals surface area contributed by atoms with Gasteiger partial charge < -0.3 is 0 Å². The van der Waals surface area contributed by atoms with Gasteiger partial charge in [-0.15, -0.1) is 23.5 Å². The number of thioether (sulfide) groups is 2. The van der Waals surface area contributed by atoms with Gasteiger partial charge in [0.2, 0.25) is 0 Å². The Hall–Kier alpha value is 1.15. The van der Waals surface area contributed by atoms with Crippen LogP contribution in [0.5, 0.6) is 0 Å². The zero-order chi connectivity index (χ0) is 10.6. The summed E-state index contributed by atoms with van der Waals surface area (Å²) in [6.45, 7) is 0. The molecule has 0 bridgehead atoms. The first-order valence-corrected chi connectivity index (χ1v) is 8.27. The van der Waals surface area contributed by atoms with E-state index in [-0.39, 0.29) is 0 Å². The molecule has 0 amide bonds. The van der Waals surface area contributed by atoms with Crippen LogP contribution < -0.4 is 5.14 Å². The fraction of sp³-hybridized carbons (Fsp3) is 0.667. The van der Waals surface area contributed by atoms with E-state index in [4.69, 9.17) is 29.6 Å². The van der Waals surface area contributed by atoms with Gasteiger partial charge in [-0.1, -0.05) is 24.4 Å². The lowest BCUT2D eigenvalue weighted by Gasteiger charge is -2.40. The van der Waals surface area contributed by atoms with Crippen molar-refractivity contribution in [2.24, 2.45) is 5.14 Å². The minimum atomic E-state index is -1.69. The summed E-state index contributed by atoms with van der Waals surface area (Å²) in [6, 6.07) is 0. The Balaban J connectivity index is 4.94. The van der Waals surface area contributed by atoms with Crippen LogP contribution in [0.1, 0.15) is 0 Å². The van der Waals surface area contributed by atoms with Crippen molar-refractivity contribution in [3.8, 4) is 0 Å². The van der Waals surface area contributed by atoms with Gasteiger partial charge in [0.1, 0.15) is 7.06 Å². The van der Waals surface area contributed by atoms with Crippen LogP contribution in [0.2, 0.25) is 0 Å². The molecule has 0 saturated heterocycles. The van der Waals surface area contributed by atoms with Gasteiger partial charge in [0.15, 0.2) is 0 Å². The average molecular weight is 275 g/mol. The van der Waals surface area contributed by atoms with Crippen molar-refractivity contribution in [1.82, 2.24) is 4.31 Å². The number of hydrogen-bond acceptors (Lipinski definition) is 6. The molecule has 0 aromatic rings. The standard InChI is InChI=1S/C6H14N2S5/c1-8(2)13(7,5(9)11-3)6(10)12-4/h7H2,1-4H3. The van der Waals surface area contributed by atoms with E-state index in [1.54, 1.807) is 0 Å². The van der Waals surface area contributed by atoms with E-state index in [1.165, 1.54) is 23.5 Å². The monoisotopic (exact) mass is 274 g/mol. The predicted octanol–water partition coefficient (Wildman–Crippen LogP) is 2.44. The van der Waals surface area contributed by atoms with Gasteiger partial charge in [-0.2, -0.15) is 0 Å². The third kappa shape index (κ3) is 3.05. The molecule has 2 nitrogen and oxygen atoms in total. The molecule has 0 aliphatic rings. The molecule has 0 fully saturated rings. The molecule has 2 N–H and O–H groups in total. The van der Waals surface area contributed by atoms with E-state index in [9.17, 15) is 0 Å². The smallest absolute Gasteiger partial charge is 0.117 e. The average Bonchev–Trinajstić information content (AvgIpc) is 2.13. The van der Waals surface area contributed by atoms with Gasteiger partial charge in [-0.05, 0) is 37.0 Å². The molecule has 0 aromatic heterocycles. The fourth-order valence-corrected chi connectivity index (χ4v) is 6.81. The zero-order valence-corrected chi connectivity index (χ0v) is 12.1. The second kappa shape index (κ2) is 5.89. The molecule has 0 unspecified atom stereocenters. The minimum absolute atomic E-state index is 0.789. The third-order valence-corrected chi connectivity index (χ3v) is 9.30. The molecule has 78 valence electrons. The highest BCUT2D eigenvalue weighted by molar-refractivity contribution is 8.76. The van der Waals surface area contributed by atoms with Crippen molar-refractivity contribution in [1.29, 1.82) is 0 Å². The van der Waals surface area contributed by atoms with Crippen molar-refractivity contribution < 1.29 is 0 Å². The Morgan fingerprint density at radius 2 is 1.46 bits per heavy atom. The first kappa shape index (κ1) is 14.2. The van der Waals surface area contributed by atoms with E-state index in [1.807, 2.05) is 30.9 Å². The number of thiocarbonyl (C=S) groups is 2. The molecule has 0 rings (SSSR count). The van der Waals surface area contributed by atoms with E-state index in [2.05, 4.69) is 0 Å². The Kier molecular flexibility index (Phi) is 6.41. The van der Waals surface area contributed by atoms with E-state index in [0.717, 1.165) is 7.06 Å². The maximum absolute atomic E-state index is 6.23. The van der Waals surface area contributed by atoms with Crippen LogP contribution in [-0.4, -0.2) is 38.0 Å². The van der Waals surface area contributed by atoms with Crippen LogP contribution in [0.15, 0.2) is 0 Å². The molecule has 0 aliphatic heterocycles. The molecule has 0 aromatic carbocycles. The summed E-state index contributed by atoms with van der Waals surface area (Å²) in [7, 11) is 2.14. The van der Waals surface area contributed by atoms with Gasteiger partial charge in [0.25, 0.3) is 0 Å². The van der Waals surface area contributed by atoms with Crippen molar-refractivity contribution >= 4 is 65.4 Å². The van der Waals surface area contributed by atoms with Crippen molar-refractivity contribution in [2.45, 2.75) is 0 Å². The third-order valence-electron chi connectivity index (χ3n) is 1.42. The maximum Gasteiger partial charge on any atom is 0.117 e. The zero-order valence-electron chi connectivity index (χ0n) is 8.07. The molecule has 0 heterocycles. The van der Waals surface area contributed by atoms with Crippen LogP contribution in [0.25, 0.3) is 0 Å². The molecule has 0 spiro atoms. The van der Waals surface area contributed by atoms with Crippen molar-refractivity contribution in [3.63, 3.8) is 0 Å². The van der Waals surface area contributed by atoms with Gasteiger partial charge in [-0.3, -0.25) is 9.44 Å². The summed E-state index contributed by atoms with van der Waals surface area (Å²) in [5.41, 5.74) is 0. The lowest BCUT2D eigenvalue weighted by atomic mass is 11.3. The van der Waals surface area contributed by atoms with E-state index < -0.39 is 10.4 Å².